The number of rotatable bonds is 4. The Kier molecular flexibility index (Phi) is 4.48. The molecule has 0 unspecified atom stereocenters. The van der Waals surface area contributed by atoms with Gasteiger partial charge in [0.15, 0.2) is 0 Å². The number of para-hydroxylation sites is 1. The molecule has 3 nitrogen and oxygen atoms in total. The van der Waals surface area contributed by atoms with Gasteiger partial charge in [0.2, 0.25) is 5.91 Å². The summed E-state index contributed by atoms with van der Waals surface area (Å²) in [6.45, 7) is 1.84. The monoisotopic (exact) mass is 326 g/mol. The number of thiazole rings is 1. The smallest absolute Gasteiger partial charge is 0.229 e. The highest BCUT2D eigenvalue weighted by Gasteiger charge is 2.15. The zero-order valence-electron chi connectivity index (χ0n) is 12.5. The van der Waals surface area contributed by atoms with E-state index in [-0.39, 0.29) is 18.1 Å². The zero-order valence-corrected chi connectivity index (χ0v) is 13.4. The molecular formula is C18H15FN2OS. The number of amides is 1. The first-order valence-electron chi connectivity index (χ1n) is 7.19. The van der Waals surface area contributed by atoms with Crippen LogP contribution in [0.15, 0.2) is 54.6 Å². The fourth-order valence-electron chi connectivity index (χ4n) is 2.21. The first-order valence-corrected chi connectivity index (χ1v) is 8.01. The van der Waals surface area contributed by atoms with Crippen molar-refractivity contribution in [2.45, 2.75) is 13.3 Å². The van der Waals surface area contributed by atoms with Crippen LogP contribution in [0.4, 0.5) is 10.1 Å². The van der Waals surface area contributed by atoms with Gasteiger partial charge in [-0.15, -0.1) is 11.3 Å². The third kappa shape index (κ3) is 3.63. The van der Waals surface area contributed by atoms with Crippen molar-refractivity contribution in [1.29, 1.82) is 0 Å². The largest absolute Gasteiger partial charge is 0.326 e. The van der Waals surface area contributed by atoms with Gasteiger partial charge in [0, 0.05) is 16.1 Å². The number of anilines is 1. The molecule has 116 valence electrons. The third-order valence-electron chi connectivity index (χ3n) is 3.38. The molecule has 0 bridgehead atoms. The lowest BCUT2D eigenvalue weighted by Gasteiger charge is -2.03. The number of carbonyl (C=O) groups excluding carboxylic acids is 1. The number of benzene rings is 2. The van der Waals surface area contributed by atoms with Crippen LogP contribution in [-0.2, 0) is 11.2 Å². The summed E-state index contributed by atoms with van der Waals surface area (Å²) in [6, 6.07) is 15.8. The van der Waals surface area contributed by atoms with Gasteiger partial charge in [-0.3, -0.25) is 4.79 Å². The molecule has 0 saturated carbocycles. The maximum absolute atomic E-state index is 13.9. The highest BCUT2D eigenvalue weighted by molar-refractivity contribution is 7.15. The number of aryl methyl sites for hydroxylation is 1. The Balaban J connectivity index is 1.77. The first kappa shape index (κ1) is 15.4. The van der Waals surface area contributed by atoms with Crippen LogP contribution in [-0.4, -0.2) is 10.9 Å². The van der Waals surface area contributed by atoms with Crippen LogP contribution >= 0.6 is 11.3 Å². The molecule has 0 aliphatic rings. The normalized spacial score (nSPS) is 10.5. The van der Waals surface area contributed by atoms with Gasteiger partial charge < -0.3 is 5.32 Å². The molecule has 1 aromatic heterocycles. The fraction of sp³-hybridized carbons (Fsp3) is 0.111. The molecule has 3 aromatic rings. The lowest BCUT2D eigenvalue weighted by molar-refractivity contribution is -0.115. The third-order valence-corrected chi connectivity index (χ3v) is 4.57. The maximum atomic E-state index is 13.9. The Bertz CT molecular complexity index is 830. The lowest BCUT2D eigenvalue weighted by atomic mass is 10.2. The number of carbonyl (C=O) groups is 1. The standard InChI is InChI=1S/C18H15FN2OS/c1-12-16(11-17(22)21-13-7-3-2-4-8-13)23-18(20-12)14-9-5-6-10-15(14)19/h2-10H,11H2,1H3,(H,21,22). The summed E-state index contributed by atoms with van der Waals surface area (Å²) in [5.41, 5.74) is 1.99. The summed E-state index contributed by atoms with van der Waals surface area (Å²) in [5, 5.41) is 3.44. The van der Waals surface area contributed by atoms with E-state index in [1.807, 2.05) is 37.3 Å². The second-order valence-corrected chi connectivity index (χ2v) is 6.18. The topological polar surface area (TPSA) is 42.0 Å². The van der Waals surface area contributed by atoms with Crippen LogP contribution in [0.25, 0.3) is 10.6 Å². The zero-order chi connectivity index (χ0) is 16.2. The number of hydrogen-bond acceptors (Lipinski definition) is 3. The van der Waals surface area contributed by atoms with E-state index >= 15 is 0 Å². The number of nitrogens with one attached hydrogen (secondary N) is 1. The summed E-state index contributed by atoms with van der Waals surface area (Å²) >= 11 is 1.35. The molecule has 0 atom stereocenters. The van der Waals surface area contributed by atoms with E-state index in [0.29, 0.717) is 10.6 Å². The van der Waals surface area contributed by atoms with Gasteiger partial charge in [-0.1, -0.05) is 30.3 Å². The predicted molar refractivity (Wildman–Crippen MR) is 91.0 cm³/mol. The molecule has 23 heavy (non-hydrogen) atoms. The van der Waals surface area contributed by atoms with E-state index in [2.05, 4.69) is 10.3 Å². The predicted octanol–water partition coefficient (Wildman–Crippen LogP) is 4.44. The molecule has 0 radical (unpaired) electrons. The van der Waals surface area contributed by atoms with Gasteiger partial charge >= 0.3 is 0 Å². The molecule has 1 amide bonds. The highest BCUT2D eigenvalue weighted by atomic mass is 32.1. The minimum absolute atomic E-state index is 0.108. The molecule has 5 heteroatoms. The Morgan fingerprint density at radius 1 is 1.13 bits per heavy atom. The number of hydrogen-bond donors (Lipinski definition) is 1. The van der Waals surface area contributed by atoms with Crippen LogP contribution in [0.1, 0.15) is 10.6 Å². The van der Waals surface area contributed by atoms with Crippen LogP contribution in [0.5, 0.6) is 0 Å². The highest BCUT2D eigenvalue weighted by Crippen LogP contribution is 2.30. The average Bonchev–Trinajstić information content (AvgIpc) is 2.89. The number of aromatic nitrogens is 1. The fourth-order valence-corrected chi connectivity index (χ4v) is 3.30. The van der Waals surface area contributed by atoms with Gasteiger partial charge in [-0.2, -0.15) is 0 Å². The minimum atomic E-state index is -0.304. The van der Waals surface area contributed by atoms with E-state index in [4.69, 9.17) is 0 Å². The lowest BCUT2D eigenvalue weighted by Crippen LogP contribution is -2.14. The summed E-state index contributed by atoms with van der Waals surface area (Å²) in [7, 11) is 0. The summed E-state index contributed by atoms with van der Waals surface area (Å²) in [6.07, 6.45) is 0.229. The van der Waals surface area contributed by atoms with E-state index < -0.39 is 0 Å². The first-order chi connectivity index (χ1) is 11.1. The quantitative estimate of drug-likeness (QED) is 0.770. The molecule has 0 aliphatic carbocycles. The Morgan fingerprint density at radius 3 is 2.57 bits per heavy atom. The average molecular weight is 326 g/mol. The van der Waals surface area contributed by atoms with E-state index in [9.17, 15) is 9.18 Å². The van der Waals surface area contributed by atoms with Crippen LogP contribution in [0, 0.1) is 12.7 Å². The van der Waals surface area contributed by atoms with Gasteiger partial charge in [0.1, 0.15) is 10.8 Å². The maximum Gasteiger partial charge on any atom is 0.229 e. The molecule has 1 N–H and O–H groups in total. The molecule has 3 rings (SSSR count). The van der Waals surface area contributed by atoms with Crippen LogP contribution in [0.3, 0.4) is 0 Å². The van der Waals surface area contributed by atoms with Crippen molar-refractivity contribution < 1.29 is 9.18 Å². The van der Waals surface area contributed by atoms with E-state index in [0.717, 1.165) is 16.3 Å². The van der Waals surface area contributed by atoms with Gasteiger partial charge in [-0.05, 0) is 31.2 Å². The van der Waals surface area contributed by atoms with Crippen molar-refractivity contribution in [3.63, 3.8) is 0 Å². The van der Waals surface area contributed by atoms with Crippen LogP contribution < -0.4 is 5.32 Å². The van der Waals surface area contributed by atoms with E-state index in [1.54, 1.807) is 18.2 Å². The molecular weight excluding hydrogens is 311 g/mol. The van der Waals surface area contributed by atoms with Crippen molar-refractivity contribution >= 4 is 22.9 Å². The Hall–Kier alpha value is -2.53. The molecule has 0 aliphatic heterocycles. The summed E-state index contributed by atoms with van der Waals surface area (Å²) in [5.74, 6) is -0.412. The summed E-state index contributed by atoms with van der Waals surface area (Å²) < 4.78 is 13.9. The molecule has 1 heterocycles. The van der Waals surface area contributed by atoms with Gasteiger partial charge in [-0.25, -0.2) is 9.37 Å². The van der Waals surface area contributed by atoms with Crippen LogP contribution in [0.2, 0.25) is 0 Å². The van der Waals surface area contributed by atoms with Gasteiger partial charge in [0.05, 0.1) is 12.1 Å². The van der Waals surface area contributed by atoms with Crippen molar-refractivity contribution in [2.24, 2.45) is 0 Å². The Labute approximate surface area is 137 Å². The second-order valence-electron chi connectivity index (χ2n) is 5.10. The van der Waals surface area contributed by atoms with Gasteiger partial charge in [0.25, 0.3) is 0 Å². The minimum Gasteiger partial charge on any atom is -0.326 e. The van der Waals surface area contributed by atoms with Crippen molar-refractivity contribution in [3.8, 4) is 10.6 Å². The van der Waals surface area contributed by atoms with Crippen molar-refractivity contribution in [3.05, 3.63) is 71.0 Å². The molecule has 2 aromatic carbocycles. The molecule has 0 saturated heterocycles. The SMILES string of the molecule is Cc1nc(-c2ccccc2F)sc1CC(=O)Nc1ccccc1. The molecule has 0 fully saturated rings. The van der Waals surface area contributed by atoms with E-state index in [1.165, 1.54) is 17.4 Å². The van der Waals surface area contributed by atoms with Crippen molar-refractivity contribution in [1.82, 2.24) is 4.98 Å². The molecule has 0 spiro atoms. The van der Waals surface area contributed by atoms with Crippen molar-refractivity contribution in [2.75, 3.05) is 5.32 Å². The summed E-state index contributed by atoms with van der Waals surface area (Å²) in [4.78, 5) is 17.4. The second kappa shape index (κ2) is 6.71. The Morgan fingerprint density at radius 2 is 1.83 bits per heavy atom. The number of halogens is 1. The number of nitrogens with zero attached hydrogens (tertiary/aromatic N) is 1.